The van der Waals surface area contributed by atoms with Gasteiger partial charge < -0.3 is 15.3 Å². The fourth-order valence-corrected chi connectivity index (χ4v) is 2.35. The second-order valence-electron chi connectivity index (χ2n) is 4.89. The summed E-state index contributed by atoms with van der Waals surface area (Å²) in [6.45, 7) is 1.34. The van der Waals surface area contributed by atoms with Gasteiger partial charge in [-0.1, -0.05) is 12.8 Å². The van der Waals surface area contributed by atoms with Gasteiger partial charge in [0.25, 0.3) is 0 Å². The molecule has 0 aromatic heterocycles. The summed E-state index contributed by atoms with van der Waals surface area (Å²) >= 11 is 0. The van der Waals surface area contributed by atoms with Crippen LogP contribution in [0.2, 0.25) is 0 Å². The second kappa shape index (κ2) is 6.00. The average molecular weight is 242 g/mol. The van der Waals surface area contributed by atoms with Crippen LogP contribution in [0.4, 0.5) is 0 Å². The van der Waals surface area contributed by atoms with Crippen molar-refractivity contribution in [1.82, 2.24) is 10.2 Å². The van der Waals surface area contributed by atoms with Crippen LogP contribution in [0.1, 0.15) is 32.1 Å². The molecule has 0 aromatic carbocycles. The number of amides is 1. The van der Waals surface area contributed by atoms with Crippen LogP contribution in [-0.2, 0) is 9.59 Å². The lowest BCUT2D eigenvalue weighted by molar-refractivity contribution is -0.153. The monoisotopic (exact) mass is 242 g/mol. The molecular weight excluding hydrogens is 220 g/mol. The molecule has 5 heteroatoms. The fraction of sp³-hybridized carbons (Fsp3) is 0.833. The lowest BCUT2D eigenvalue weighted by atomic mass is 9.82. The highest BCUT2D eigenvalue weighted by atomic mass is 16.4. The lowest BCUT2D eigenvalue weighted by Crippen LogP contribution is -2.38. The fourth-order valence-electron chi connectivity index (χ4n) is 2.35. The maximum Gasteiger partial charge on any atom is 0.310 e. The van der Waals surface area contributed by atoms with Gasteiger partial charge in [-0.05, 0) is 19.9 Å². The predicted molar refractivity (Wildman–Crippen MR) is 64.7 cm³/mol. The van der Waals surface area contributed by atoms with E-state index in [9.17, 15) is 14.7 Å². The molecule has 98 valence electrons. The van der Waals surface area contributed by atoms with Gasteiger partial charge in [0.15, 0.2) is 0 Å². The van der Waals surface area contributed by atoms with E-state index in [1.54, 1.807) is 11.9 Å². The van der Waals surface area contributed by atoms with Gasteiger partial charge in [0.1, 0.15) is 0 Å². The predicted octanol–water partition coefficient (Wildman–Crippen LogP) is 0.699. The van der Waals surface area contributed by atoms with E-state index in [1.165, 1.54) is 0 Å². The van der Waals surface area contributed by atoms with Crippen molar-refractivity contribution in [2.75, 3.05) is 27.2 Å². The molecule has 0 unspecified atom stereocenters. The van der Waals surface area contributed by atoms with Crippen LogP contribution >= 0.6 is 0 Å². The number of nitrogens with zero attached hydrogens (tertiary/aromatic N) is 1. The lowest BCUT2D eigenvalue weighted by Gasteiger charge is -2.26. The van der Waals surface area contributed by atoms with Gasteiger partial charge in [0.05, 0.1) is 5.41 Å². The van der Waals surface area contributed by atoms with Gasteiger partial charge in [-0.3, -0.25) is 9.59 Å². The zero-order valence-electron chi connectivity index (χ0n) is 10.7. The number of carbonyl (C=O) groups excluding carboxylic acids is 1. The second-order valence-corrected chi connectivity index (χ2v) is 4.89. The quantitative estimate of drug-likeness (QED) is 0.719. The van der Waals surface area contributed by atoms with E-state index in [2.05, 4.69) is 5.32 Å². The third kappa shape index (κ3) is 3.43. The Morgan fingerprint density at radius 3 is 2.41 bits per heavy atom. The van der Waals surface area contributed by atoms with Gasteiger partial charge in [0.2, 0.25) is 5.91 Å². The molecule has 0 bridgehead atoms. The molecule has 0 aromatic rings. The molecular formula is C12H22N2O3. The molecule has 1 rings (SSSR count). The molecule has 17 heavy (non-hydrogen) atoms. The van der Waals surface area contributed by atoms with Gasteiger partial charge in [-0.2, -0.15) is 0 Å². The highest BCUT2D eigenvalue weighted by Crippen LogP contribution is 2.41. The Bertz CT molecular complexity index is 285. The van der Waals surface area contributed by atoms with Crippen LogP contribution in [0.5, 0.6) is 0 Å². The van der Waals surface area contributed by atoms with E-state index < -0.39 is 11.4 Å². The first-order valence-corrected chi connectivity index (χ1v) is 6.14. The van der Waals surface area contributed by atoms with E-state index in [0.717, 1.165) is 19.4 Å². The Labute approximate surface area is 102 Å². The number of rotatable bonds is 6. The number of aliphatic carboxylic acids is 1. The van der Waals surface area contributed by atoms with Crippen molar-refractivity contribution in [2.45, 2.75) is 32.1 Å². The first-order chi connectivity index (χ1) is 8.02. The molecule has 0 radical (unpaired) electrons. The van der Waals surface area contributed by atoms with Crippen LogP contribution in [0.3, 0.4) is 0 Å². The van der Waals surface area contributed by atoms with Gasteiger partial charge in [-0.25, -0.2) is 0 Å². The summed E-state index contributed by atoms with van der Waals surface area (Å²) in [5.41, 5.74) is -0.801. The highest BCUT2D eigenvalue weighted by Gasteiger charge is 2.43. The van der Waals surface area contributed by atoms with E-state index in [1.807, 2.05) is 7.05 Å². The van der Waals surface area contributed by atoms with E-state index in [4.69, 9.17) is 0 Å². The number of carbonyl (C=O) groups is 2. The van der Waals surface area contributed by atoms with Crippen LogP contribution < -0.4 is 5.32 Å². The van der Waals surface area contributed by atoms with Crippen LogP contribution in [-0.4, -0.2) is 49.1 Å². The minimum absolute atomic E-state index is 0.0652. The summed E-state index contributed by atoms with van der Waals surface area (Å²) < 4.78 is 0. The molecule has 0 saturated heterocycles. The molecule has 1 aliphatic rings. The Hall–Kier alpha value is -1.10. The summed E-state index contributed by atoms with van der Waals surface area (Å²) in [6.07, 6.45) is 3.24. The normalized spacial score (nSPS) is 18.0. The smallest absolute Gasteiger partial charge is 0.310 e. The van der Waals surface area contributed by atoms with E-state index in [0.29, 0.717) is 19.4 Å². The zero-order chi connectivity index (χ0) is 12.9. The van der Waals surface area contributed by atoms with Crippen LogP contribution in [0.15, 0.2) is 0 Å². The largest absolute Gasteiger partial charge is 0.481 e. The number of hydrogen-bond acceptors (Lipinski definition) is 3. The Kier molecular flexibility index (Phi) is 4.93. The number of hydrogen-bond donors (Lipinski definition) is 2. The van der Waals surface area contributed by atoms with Crippen molar-refractivity contribution in [3.05, 3.63) is 0 Å². The minimum atomic E-state index is -0.814. The Morgan fingerprint density at radius 2 is 1.94 bits per heavy atom. The summed E-state index contributed by atoms with van der Waals surface area (Å²) in [6, 6.07) is 0. The van der Waals surface area contributed by atoms with Gasteiger partial charge >= 0.3 is 5.97 Å². The number of likely N-dealkylation sites (N-methyl/N-ethyl adjacent to an activating group) is 2. The van der Waals surface area contributed by atoms with Crippen molar-refractivity contribution in [1.29, 1.82) is 0 Å². The highest BCUT2D eigenvalue weighted by molar-refractivity contribution is 5.85. The first-order valence-electron chi connectivity index (χ1n) is 6.14. The third-order valence-corrected chi connectivity index (χ3v) is 3.63. The summed E-state index contributed by atoms with van der Waals surface area (Å²) in [7, 11) is 3.55. The third-order valence-electron chi connectivity index (χ3n) is 3.63. The summed E-state index contributed by atoms with van der Waals surface area (Å²) in [4.78, 5) is 24.9. The average Bonchev–Trinajstić information content (AvgIpc) is 2.75. The molecule has 0 heterocycles. The number of carboxylic acids is 1. The van der Waals surface area contributed by atoms with Crippen LogP contribution in [0.25, 0.3) is 0 Å². The van der Waals surface area contributed by atoms with Crippen molar-refractivity contribution >= 4 is 11.9 Å². The topological polar surface area (TPSA) is 69.6 Å². The SMILES string of the molecule is CNCCN(C)C(=O)CC1(C(=O)O)CCCC1. The van der Waals surface area contributed by atoms with Gasteiger partial charge in [-0.15, -0.1) is 0 Å². The Morgan fingerprint density at radius 1 is 1.35 bits per heavy atom. The maximum absolute atomic E-state index is 11.9. The van der Waals surface area contributed by atoms with Crippen LogP contribution in [0, 0.1) is 5.41 Å². The molecule has 0 aliphatic heterocycles. The zero-order valence-corrected chi connectivity index (χ0v) is 10.7. The number of carboxylic acid groups (broad SMARTS) is 1. The standard InChI is InChI=1S/C12H22N2O3/c1-13-7-8-14(2)10(15)9-12(11(16)17)5-3-4-6-12/h13H,3-9H2,1-2H3,(H,16,17). The van der Waals surface area contributed by atoms with Crippen molar-refractivity contribution < 1.29 is 14.7 Å². The molecule has 2 N–H and O–H groups in total. The van der Waals surface area contributed by atoms with E-state index >= 15 is 0 Å². The maximum atomic E-state index is 11.9. The van der Waals surface area contributed by atoms with Crippen molar-refractivity contribution in [3.63, 3.8) is 0 Å². The Balaban J connectivity index is 2.56. The molecule has 1 aliphatic carbocycles. The molecule has 5 nitrogen and oxygen atoms in total. The van der Waals surface area contributed by atoms with Crippen molar-refractivity contribution in [2.24, 2.45) is 5.41 Å². The summed E-state index contributed by atoms with van der Waals surface area (Å²) in [5, 5.41) is 12.3. The molecule has 1 amide bonds. The molecule has 0 atom stereocenters. The van der Waals surface area contributed by atoms with Gasteiger partial charge in [0, 0.05) is 26.6 Å². The molecule has 1 fully saturated rings. The molecule has 0 spiro atoms. The molecule has 1 saturated carbocycles. The minimum Gasteiger partial charge on any atom is -0.481 e. The number of nitrogens with one attached hydrogen (secondary N) is 1. The summed E-state index contributed by atoms with van der Waals surface area (Å²) in [5.74, 6) is -0.880. The first kappa shape index (κ1) is 14.0. The van der Waals surface area contributed by atoms with Crippen molar-refractivity contribution in [3.8, 4) is 0 Å². The van der Waals surface area contributed by atoms with E-state index in [-0.39, 0.29) is 12.3 Å².